The van der Waals surface area contributed by atoms with Crippen molar-refractivity contribution >= 4 is 15.9 Å². The lowest BCUT2D eigenvalue weighted by atomic mass is 9.79. The Morgan fingerprint density at radius 3 is 2.43 bits per heavy atom. The van der Waals surface area contributed by atoms with Gasteiger partial charge >= 0.3 is 0 Å². The van der Waals surface area contributed by atoms with Crippen LogP contribution < -0.4 is 5.73 Å². The van der Waals surface area contributed by atoms with Crippen molar-refractivity contribution in [3.8, 4) is 0 Å². The van der Waals surface area contributed by atoms with Gasteiger partial charge in [-0.25, -0.2) is 0 Å². The third kappa shape index (κ3) is 1.34. The lowest BCUT2D eigenvalue weighted by molar-refractivity contribution is 0.306. The summed E-state index contributed by atoms with van der Waals surface area (Å²) in [5.74, 6) is 1.02. The first-order valence-electron chi connectivity index (χ1n) is 4.92. The molecule has 1 fully saturated rings. The third-order valence-corrected chi connectivity index (χ3v) is 3.88. The summed E-state index contributed by atoms with van der Waals surface area (Å²) in [5, 5.41) is 0. The molecule has 1 aliphatic carbocycles. The number of nitrogens with two attached hydrogens (primary N) is 1. The lowest BCUT2D eigenvalue weighted by Crippen LogP contribution is -2.43. The second-order valence-corrected chi connectivity index (χ2v) is 5.63. The van der Waals surface area contributed by atoms with Crippen molar-refractivity contribution in [3.63, 3.8) is 0 Å². The fourth-order valence-electron chi connectivity index (χ4n) is 2.05. The first-order valence-corrected chi connectivity index (χ1v) is 5.71. The highest BCUT2D eigenvalue weighted by atomic mass is 79.9. The normalized spacial score (nSPS) is 19.8. The van der Waals surface area contributed by atoms with Crippen molar-refractivity contribution in [2.45, 2.75) is 44.6 Å². The Kier molecular flexibility index (Phi) is 2.09. The van der Waals surface area contributed by atoms with Crippen molar-refractivity contribution in [3.05, 3.63) is 22.1 Å². The zero-order valence-electron chi connectivity index (χ0n) is 8.86. The minimum absolute atomic E-state index is 0.0605. The molecule has 0 spiro atoms. The van der Waals surface area contributed by atoms with E-state index < -0.39 is 0 Å². The predicted octanol–water partition coefficient (Wildman–Crippen LogP) is 3.12. The van der Waals surface area contributed by atoms with Crippen LogP contribution in [0.2, 0.25) is 0 Å². The molecule has 0 aromatic carbocycles. The molecule has 0 aliphatic heterocycles. The number of rotatable bonds is 2. The van der Waals surface area contributed by atoms with Crippen LogP contribution in [0.1, 0.15) is 38.0 Å². The van der Waals surface area contributed by atoms with Crippen LogP contribution in [-0.2, 0) is 5.41 Å². The highest BCUT2D eigenvalue weighted by Crippen LogP contribution is 2.50. The van der Waals surface area contributed by atoms with Crippen LogP contribution in [0.5, 0.6) is 0 Å². The van der Waals surface area contributed by atoms with E-state index in [1.165, 1.54) is 5.56 Å². The summed E-state index contributed by atoms with van der Waals surface area (Å²) in [6.45, 7) is 6.40. The first kappa shape index (κ1) is 10.2. The van der Waals surface area contributed by atoms with Gasteiger partial charge in [-0.3, -0.25) is 0 Å². The molecule has 0 saturated heterocycles. The molecular formula is C11H16BrNO. The average molecular weight is 258 g/mol. The summed E-state index contributed by atoms with van der Waals surface area (Å²) in [4.78, 5) is 0. The number of hydrogen-bond donors (Lipinski definition) is 1. The quantitative estimate of drug-likeness (QED) is 0.885. The second kappa shape index (κ2) is 2.86. The molecule has 3 heteroatoms. The highest BCUT2D eigenvalue weighted by molar-refractivity contribution is 9.10. The van der Waals surface area contributed by atoms with Crippen LogP contribution in [0.15, 0.2) is 15.2 Å². The van der Waals surface area contributed by atoms with Crippen LogP contribution in [0, 0.1) is 6.92 Å². The largest absolute Gasteiger partial charge is 0.453 e. The molecule has 1 saturated carbocycles. The van der Waals surface area contributed by atoms with Crippen molar-refractivity contribution in [2.75, 3.05) is 0 Å². The molecule has 2 nitrogen and oxygen atoms in total. The van der Waals surface area contributed by atoms with Crippen molar-refractivity contribution in [1.82, 2.24) is 0 Å². The van der Waals surface area contributed by atoms with Gasteiger partial charge in [-0.15, -0.1) is 0 Å². The highest BCUT2D eigenvalue weighted by Gasteiger charge is 2.54. The fraction of sp³-hybridized carbons (Fsp3) is 0.636. The third-order valence-electron chi connectivity index (χ3n) is 3.49. The van der Waals surface area contributed by atoms with Crippen LogP contribution in [0.4, 0.5) is 0 Å². The maximum absolute atomic E-state index is 6.26. The number of hydrogen-bond acceptors (Lipinski definition) is 2. The van der Waals surface area contributed by atoms with Gasteiger partial charge in [0.25, 0.3) is 0 Å². The maximum Gasteiger partial charge on any atom is 0.169 e. The minimum atomic E-state index is -0.0664. The average Bonchev–Trinajstić information content (AvgIpc) is 2.72. The van der Waals surface area contributed by atoms with E-state index in [0.29, 0.717) is 0 Å². The molecule has 78 valence electrons. The van der Waals surface area contributed by atoms with E-state index in [2.05, 4.69) is 36.7 Å². The van der Waals surface area contributed by atoms with Gasteiger partial charge in [-0.05, 0) is 47.3 Å². The number of furan rings is 1. The fourth-order valence-corrected chi connectivity index (χ4v) is 2.55. The molecule has 2 N–H and O–H groups in total. The zero-order valence-corrected chi connectivity index (χ0v) is 10.4. The SMILES string of the molecule is Cc1cc(Br)oc1C(C)(C)C1(N)CC1. The Hall–Kier alpha value is -0.280. The molecule has 14 heavy (non-hydrogen) atoms. The van der Waals surface area contributed by atoms with E-state index in [4.69, 9.17) is 10.2 Å². The monoisotopic (exact) mass is 257 g/mol. The molecule has 0 bridgehead atoms. The van der Waals surface area contributed by atoms with E-state index in [9.17, 15) is 0 Å². The lowest BCUT2D eigenvalue weighted by Gasteiger charge is -2.30. The van der Waals surface area contributed by atoms with E-state index in [0.717, 1.165) is 23.3 Å². The Balaban J connectivity index is 2.43. The first-order chi connectivity index (χ1) is 6.37. The maximum atomic E-state index is 6.26. The van der Waals surface area contributed by atoms with E-state index >= 15 is 0 Å². The van der Waals surface area contributed by atoms with Gasteiger partial charge in [0, 0.05) is 11.0 Å². The van der Waals surface area contributed by atoms with Crippen LogP contribution in [0.3, 0.4) is 0 Å². The summed E-state index contributed by atoms with van der Waals surface area (Å²) in [6.07, 6.45) is 2.19. The summed E-state index contributed by atoms with van der Waals surface area (Å²) in [5.41, 5.74) is 7.31. The van der Waals surface area contributed by atoms with Crippen molar-refractivity contribution < 1.29 is 4.42 Å². The summed E-state index contributed by atoms with van der Waals surface area (Å²) >= 11 is 3.36. The molecular weight excluding hydrogens is 242 g/mol. The van der Waals surface area contributed by atoms with E-state index in [1.54, 1.807) is 0 Å². The summed E-state index contributed by atoms with van der Waals surface area (Å²) in [6, 6.07) is 2.00. The van der Waals surface area contributed by atoms with Crippen LogP contribution in [0.25, 0.3) is 0 Å². The Bertz CT molecular complexity index is 363. The second-order valence-electron chi connectivity index (χ2n) is 4.84. The van der Waals surface area contributed by atoms with E-state index in [-0.39, 0.29) is 11.0 Å². The van der Waals surface area contributed by atoms with Gasteiger partial charge < -0.3 is 10.2 Å². The molecule has 1 aromatic rings. The van der Waals surface area contributed by atoms with Gasteiger partial charge in [0.15, 0.2) is 4.67 Å². The minimum Gasteiger partial charge on any atom is -0.453 e. The van der Waals surface area contributed by atoms with Gasteiger partial charge in [0.1, 0.15) is 5.76 Å². The van der Waals surface area contributed by atoms with Gasteiger partial charge in [0.05, 0.1) is 0 Å². The molecule has 0 unspecified atom stereocenters. The molecule has 0 amide bonds. The molecule has 2 rings (SSSR count). The van der Waals surface area contributed by atoms with Crippen LogP contribution >= 0.6 is 15.9 Å². The zero-order chi connectivity index (χ0) is 10.6. The van der Waals surface area contributed by atoms with Gasteiger partial charge in [0.2, 0.25) is 0 Å². The number of halogens is 1. The standard InChI is InChI=1S/C11H16BrNO/c1-7-6-8(12)14-9(7)10(2,3)11(13)4-5-11/h6H,4-5,13H2,1-3H3. The Morgan fingerprint density at radius 2 is 2.07 bits per heavy atom. The smallest absolute Gasteiger partial charge is 0.169 e. The van der Waals surface area contributed by atoms with Gasteiger partial charge in [-0.2, -0.15) is 0 Å². The molecule has 0 atom stereocenters. The Labute approximate surface area is 93.0 Å². The predicted molar refractivity (Wildman–Crippen MR) is 60.3 cm³/mol. The number of aryl methyl sites for hydroxylation is 1. The summed E-state index contributed by atoms with van der Waals surface area (Å²) in [7, 11) is 0. The van der Waals surface area contributed by atoms with Crippen molar-refractivity contribution in [2.24, 2.45) is 5.73 Å². The topological polar surface area (TPSA) is 39.2 Å². The van der Waals surface area contributed by atoms with Crippen LogP contribution in [-0.4, -0.2) is 5.54 Å². The Morgan fingerprint density at radius 1 is 1.50 bits per heavy atom. The van der Waals surface area contributed by atoms with Crippen molar-refractivity contribution in [1.29, 1.82) is 0 Å². The molecule has 1 aromatic heterocycles. The van der Waals surface area contributed by atoms with E-state index in [1.807, 2.05) is 6.07 Å². The molecule has 1 aliphatic rings. The molecule has 0 radical (unpaired) electrons. The molecule has 1 heterocycles. The van der Waals surface area contributed by atoms with Gasteiger partial charge in [-0.1, -0.05) is 13.8 Å². The summed E-state index contributed by atoms with van der Waals surface area (Å²) < 4.78 is 6.48.